The van der Waals surface area contributed by atoms with Gasteiger partial charge >= 0.3 is 0 Å². The summed E-state index contributed by atoms with van der Waals surface area (Å²) in [5.41, 5.74) is 7.46. The van der Waals surface area contributed by atoms with Crippen molar-refractivity contribution in [2.45, 2.75) is 18.9 Å². The van der Waals surface area contributed by atoms with Crippen molar-refractivity contribution in [3.63, 3.8) is 0 Å². The molecule has 1 aromatic rings. The van der Waals surface area contributed by atoms with Gasteiger partial charge in [0, 0.05) is 23.8 Å². The van der Waals surface area contributed by atoms with Gasteiger partial charge in [-0.25, -0.2) is 0 Å². The number of rotatable bonds is 1. The Morgan fingerprint density at radius 3 is 2.94 bits per heavy atom. The van der Waals surface area contributed by atoms with E-state index in [4.69, 9.17) is 22.6 Å². The van der Waals surface area contributed by atoms with E-state index in [1.165, 1.54) is 0 Å². The van der Waals surface area contributed by atoms with Gasteiger partial charge in [-0.2, -0.15) is 5.26 Å². The lowest BCUT2D eigenvalue weighted by molar-refractivity contribution is 0.606. The number of halogens is 1. The van der Waals surface area contributed by atoms with Crippen LogP contribution in [0, 0.1) is 18.3 Å². The van der Waals surface area contributed by atoms with Gasteiger partial charge in [0.05, 0.1) is 6.07 Å². The van der Waals surface area contributed by atoms with E-state index in [2.05, 4.69) is 11.0 Å². The Morgan fingerprint density at radius 1 is 1.56 bits per heavy atom. The Hall–Kier alpha value is -1.24. The highest BCUT2D eigenvalue weighted by atomic mass is 35.5. The number of hydrogen-bond donors (Lipinski definition) is 1. The smallest absolute Gasteiger partial charge is 0.123 e. The third-order valence-corrected chi connectivity index (χ3v) is 3.27. The first kappa shape index (κ1) is 11.3. The molecule has 3 nitrogen and oxygen atoms in total. The Kier molecular flexibility index (Phi) is 2.79. The van der Waals surface area contributed by atoms with Crippen LogP contribution in [-0.4, -0.2) is 18.6 Å². The third-order valence-electron chi connectivity index (χ3n) is 3.04. The number of hydrogen-bond acceptors (Lipinski definition) is 3. The molecule has 16 heavy (non-hydrogen) atoms. The number of nitriles is 1. The largest absolute Gasteiger partial charge is 0.368 e. The van der Waals surface area contributed by atoms with Gasteiger partial charge in [0.25, 0.3) is 0 Å². The first-order valence-corrected chi connectivity index (χ1v) is 5.63. The average molecular weight is 236 g/mol. The summed E-state index contributed by atoms with van der Waals surface area (Å²) in [4.78, 5) is 2.13. The molecule has 0 radical (unpaired) electrons. The minimum Gasteiger partial charge on any atom is -0.368 e. The normalized spacial score (nSPS) is 24.5. The highest BCUT2D eigenvalue weighted by Gasteiger charge is 2.35. The van der Waals surface area contributed by atoms with E-state index in [1.807, 2.05) is 25.1 Å². The predicted octanol–water partition coefficient (Wildman–Crippen LogP) is 2.08. The molecule has 1 unspecified atom stereocenters. The van der Waals surface area contributed by atoms with Gasteiger partial charge in [0.1, 0.15) is 5.54 Å². The molecule has 1 atom stereocenters. The predicted molar refractivity (Wildman–Crippen MR) is 65.6 cm³/mol. The molecule has 0 bridgehead atoms. The molecule has 2 N–H and O–H groups in total. The second-order valence-corrected chi connectivity index (χ2v) is 4.81. The number of benzene rings is 1. The van der Waals surface area contributed by atoms with Crippen LogP contribution < -0.4 is 10.6 Å². The number of aryl methyl sites for hydroxylation is 1. The van der Waals surface area contributed by atoms with Crippen molar-refractivity contribution in [1.82, 2.24) is 0 Å². The average Bonchev–Trinajstić information content (AvgIpc) is 2.65. The van der Waals surface area contributed by atoms with Crippen molar-refractivity contribution in [2.24, 2.45) is 5.73 Å². The molecule has 1 saturated heterocycles. The van der Waals surface area contributed by atoms with E-state index in [0.717, 1.165) is 17.8 Å². The topological polar surface area (TPSA) is 53.0 Å². The van der Waals surface area contributed by atoms with Crippen LogP contribution >= 0.6 is 11.6 Å². The molecule has 2 rings (SSSR count). The van der Waals surface area contributed by atoms with Gasteiger partial charge < -0.3 is 10.6 Å². The van der Waals surface area contributed by atoms with Crippen molar-refractivity contribution in [3.8, 4) is 6.07 Å². The maximum atomic E-state index is 8.99. The molecule has 0 saturated carbocycles. The maximum Gasteiger partial charge on any atom is 0.123 e. The van der Waals surface area contributed by atoms with E-state index < -0.39 is 5.54 Å². The monoisotopic (exact) mass is 235 g/mol. The molecule has 1 aliphatic heterocycles. The maximum absolute atomic E-state index is 8.99. The molecule has 84 valence electrons. The molecule has 4 heteroatoms. The summed E-state index contributed by atoms with van der Waals surface area (Å²) in [7, 11) is 0. The van der Waals surface area contributed by atoms with Crippen LogP contribution in [0.3, 0.4) is 0 Å². The lowest BCUT2D eigenvalue weighted by Crippen LogP contribution is -2.41. The summed E-state index contributed by atoms with van der Waals surface area (Å²) in [5, 5.41) is 9.70. The van der Waals surface area contributed by atoms with Crippen molar-refractivity contribution < 1.29 is 0 Å². The van der Waals surface area contributed by atoms with E-state index in [9.17, 15) is 0 Å². The Morgan fingerprint density at radius 2 is 2.31 bits per heavy atom. The lowest BCUT2D eigenvalue weighted by Gasteiger charge is -2.22. The van der Waals surface area contributed by atoms with Crippen LogP contribution in [0.25, 0.3) is 0 Å². The lowest BCUT2D eigenvalue weighted by atomic mass is 10.0. The van der Waals surface area contributed by atoms with Crippen LogP contribution in [0.1, 0.15) is 12.0 Å². The highest BCUT2D eigenvalue weighted by molar-refractivity contribution is 6.30. The molecule has 1 fully saturated rings. The second-order valence-electron chi connectivity index (χ2n) is 4.37. The van der Waals surface area contributed by atoms with Gasteiger partial charge in [0.15, 0.2) is 0 Å². The fourth-order valence-electron chi connectivity index (χ4n) is 2.05. The minimum absolute atomic E-state index is 0.574. The Balaban J connectivity index is 2.28. The zero-order valence-electron chi connectivity index (χ0n) is 9.20. The van der Waals surface area contributed by atoms with Crippen molar-refractivity contribution in [3.05, 3.63) is 28.8 Å². The summed E-state index contributed by atoms with van der Waals surface area (Å²) in [5.74, 6) is 0. The van der Waals surface area contributed by atoms with Crippen LogP contribution in [0.2, 0.25) is 5.02 Å². The Labute approximate surface area is 100 Å². The van der Waals surface area contributed by atoms with Gasteiger partial charge in [-0.15, -0.1) is 0 Å². The van der Waals surface area contributed by atoms with Crippen LogP contribution in [0.4, 0.5) is 5.69 Å². The van der Waals surface area contributed by atoms with Crippen LogP contribution in [-0.2, 0) is 0 Å². The van der Waals surface area contributed by atoms with E-state index >= 15 is 0 Å². The first-order chi connectivity index (χ1) is 7.54. The summed E-state index contributed by atoms with van der Waals surface area (Å²) >= 11 is 5.98. The van der Waals surface area contributed by atoms with Gasteiger partial charge in [0.2, 0.25) is 0 Å². The fraction of sp³-hybridized carbons (Fsp3) is 0.417. The van der Waals surface area contributed by atoms with E-state index in [0.29, 0.717) is 18.0 Å². The van der Waals surface area contributed by atoms with Gasteiger partial charge in [-0.3, -0.25) is 0 Å². The summed E-state index contributed by atoms with van der Waals surface area (Å²) < 4.78 is 0. The summed E-state index contributed by atoms with van der Waals surface area (Å²) in [6.45, 7) is 3.42. The molecular weight excluding hydrogens is 222 g/mol. The molecule has 1 aliphatic rings. The van der Waals surface area contributed by atoms with Crippen molar-refractivity contribution in [2.75, 3.05) is 18.0 Å². The molecule has 0 amide bonds. The fourth-order valence-corrected chi connectivity index (χ4v) is 2.22. The molecule has 1 heterocycles. The van der Waals surface area contributed by atoms with E-state index in [1.54, 1.807) is 0 Å². The van der Waals surface area contributed by atoms with Crippen LogP contribution in [0.15, 0.2) is 18.2 Å². The van der Waals surface area contributed by atoms with Gasteiger partial charge in [-0.1, -0.05) is 17.7 Å². The van der Waals surface area contributed by atoms with Crippen LogP contribution in [0.5, 0.6) is 0 Å². The molecule has 0 spiro atoms. The number of nitrogens with zero attached hydrogens (tertiary/aromatic N) is 2. The molecule has 0 aliphatic carbocycles. The number of nitrogens with two attached hydrogens (primary N) is 1. The van der Waals surface area contributed by atoms with Crippen molar-refractivity contribution >= 4 is 17.3 Å². The molecular formula is C12H14ClN3. The van der Waals surface area contributed by atoms with E-state index in [-0.39, 0.29) is 0 Å². The quantitative estimate of drug-likeness (QED) is 0.811. The first-order valence-electron chi connectivity index (χ1n) is 5.25. The zero-order chi connectivity index (χ0) is 11.8. The van der Waals surface area contributed by atoms with Gasteiger partial charge in [-0.05, 0) is 31.0 Å². The third kappa shape index (κ3) is 1.99. The van der Waals surface area contributed by atoms with Crippen molar-refractivity contribution in [1.29, 1.82) is 5.26 Å². The zero-order valence-corrected chi connectivity index (χ0v) is 9.96. The minimum atomic E-state index is -0.714. The molecule has 0 aromatic heterocycles. The number of anilines is 1. The summed E-state index contributed by atoms with van der Waals surface area (Å²) in [6, 6.07) is 7.97. The highest BCUT2D eigenvalue weighted by Crippen LogP contribution is 2.29. The molecule has 1 aromatic carbocycles. The standard InChI is InChI=1S/C12H14ClN3/c1-9-2-3-10(13)6-11(9)16-5-4-12(15,7-14)8-16/h2-3,6H,4-5,8,15H2,1H3. The SMILES string of the molecule is Cc1ccc(Cl)cc1N1CCC(N)(C#N)C1. The second kappa shape index (κ2) is 3.97. The summed E-state index contributed by atoms with van der Waals surface area (Å²) in [6.07, 6.45) is 0.704. The Bertz CT molecular complexity index is 452.